The highest BCUT2D eigenvalue weighted by Gasteiger charge is 2.51. The van der Waals surface area contributed by atoms with Crippen molar-refractivity contribution in [2.45, 2.75) is 76.2 Å². The Kier molecular flexibility index (Phi) is 12.1. The van der Waals surface area contributed by atoms with Gasteiger partial charge in [0.2, 0.25) is 11.9 Å². The van der Waals surface area contributed by atoms with Gasteiger partial charge in [0.15, 0.2) is 46.8 Å². The van der Waals surface area contributed by atoms with Crippen LogP contribution in [0.4, 0.5) is 16.2 Å². The van der Waals surface area contributed by atoms with Gasteiger partial charge in [0.1, 0.15) is 24.6 Å². The molecule has 3 fully saturated rings. The van der Waals surface area contributed by atoms with Gasteiger partial charge >= 0.3 is 6.72 Å². The van der Waals surface area contributed by atoms with E-state index in [1.165, 1.54) is 21.8 Å². The van der Waals surface area contributed by atoms with Crippen molar-refractivity contribution in [1.29, 1.82) is 5.26 Å². The number of hydrogen-bond acceptors (Lipinski definition) is 18. The fourth-order valence-electron chi connectivity index (χ4n) is 6.87. The average Bonchev–Trinajstić information content (AvgIpc) is 4.02. The van der Waals surface area contributed by atoms with Crippen LogP contribution in [0.15, 0.2) is 54.1 Å². The number of benzene rings is 1. The van der Waals surface area contributed by atoms with Crippen LogP contribution < -0.4 is 16.2 Å². The van der Waals surface area contributed by atoms with Gasteiger partial charge in [0.25, 0.3) is 21.6 Å². The number of carbonyl (C=O) groups is 2. The summed E-state index contributed by atoms with van der Waals surface area (Å²) in [5.74, 6) is -2.06. The van der Waals surface area contributed by atoms with Crippen LogP contribution >= 0.6 is 6.72 Å². The van der Waals surface area contributed by atoms with E-state index in [4.69, 9.17) is 39.0 Å². The largest absolute Gasteiger partial charge is 0.352 e. The van der Waals surface area contributed by atoms with E-state index in [0.29, 0.717) is 5.56 Å². The Balaban J connectivity index is 1.09. The van der Waals surface area contributed by atoms with Crippen molar-refractivity contribution in [3.8, 4) is 6.07 Å². The number of imidazole rings is 2. The minimum absolute atomic E-state index is 0.00367. The number of nitriles is 1. The molecule has 1 aromatic carbocycles. The summed E-state index contributed by atoms with van der Waals surface area (Å²) in [6.07, 6.45) is -6.55. The lowest BCUT2D eigenvalue weighted by Gasteiger charge is -2.29. The molecule has 8 rings (SSSR count). The fourth-order valence-corrected chi connectivity index (χ4v) is 10.2. The van der Waals surface area contributed by atoms with Gasteiger partial charge in [0, 0.05) is 17.9 Å². The molecule has 0 spiro atoms. The number of nitrogens with zero attached hydrogens (tertiary/aromatic N) is 8. The van der Waals surface area contributed by atoms with Crippen molar-refractivity contribution in [1.82, 2.24) is 39.0 Å². The van der Waals surface area contributed by atoms with Gasteiger partial charge in [-0.3, -0.25) is 38.0 Å². The number of H-pyrrole nitrogens is 1. The second-order valence-electron chi connectivity index (χ2n) is 14.4. The molecule has 7 heterocycles. The van der Waals surface area contributed by atoms with Crippen molar-refractivity contribution in [2.24, 2.45) is 5.92 Å². The van der Waals surface area contributed by atoms with E-state index >= 15 is 4.39 Å². The molecule has 2 bridgehead atoms. The molecule has 0 radical (unpaired) electrons. The van der Waals surface area contributed by atoms with E-state index in [0.717, 1.165) is 6.33 Å². The van der Waals surface area contributed by atoms with Crippen molar-refractivity contribution >= 4 is 74.6 Å². The number of alkyl halides is 1. The molecule has 1 unspecified atom stereocenters. The average molecular weight is 902 g/mol. The summed E-state index contributed by atoms with van der Waals surface area (Å²) in [4.78, 5) is 62.1. The molecule has 3 N–H and O–H groups in total. The van der Waals surface area contributed by atoms with Gasteiger partial charge in [-0.2, -0.15) is 18.7 Å². The number of carbonyl (C=O) groups excluding carboxylic acids is 2. The predicted molar refractivity (Wildman–Crippen MR) is 213 cm³/mol. The maximum atomic E-state index is 16.7. The first-order chi connectivity index (χ1) is 29.2. The zero-order chi connectivity index (χ0) is 43.1. The molecular weight excluding hydrogens is 865 g/mol. The third-order valence-electron chi connectivity index (χ3n) is 9.86. The van der Waals surface area contributed by atoms with E-state index in [1.807, 2.05) is 6.07 Å². The molecular formula is C35H37FN11O11PS2. The Bertz CT molecular complexity index is 2730. The van der Waals surface area contributed by atoms with Gasteiger partial charge in [-0.15, -0.1) is 0 Å². The molecule has 22 nitrogen and oxygen atoms in total. The number of rotatable bonds is 9. The summed E-state index contributed by atoms with van der Waals surface area (Å²) in [6, 6.07) is 10.3. The first kappa shape index (κ1) is 42.5. The van der Waals surface area contributed by atoms with Crippen LogP contribution in [0.25, 0.3) is 22.3 Å². The summed E-state index contributed by atoms with van der Waals surface area (Å²) < 4.78 is 82.8. The highest BCUT2D eigenvalue weighted by atomic mass is 32.5. The fraction of sp³-hybridized carbons (Fsp3) is 0.457. The quantitative estimate of drug-likeness (QED) is 0.109. The maximum Gasteiger partial charge on any atom is 0.327 e. The maximum absolute atomic E-state index is 16.7. The third kappa shape index (κ3) is 8.94. The van der Waals surface area contributed by atoms with Gasteiger partial charge < -0.3 is 28.4 Å². The SMILES string of the molecule is CC(C)C(=O)Nc1nc2c(ncn2[C@@H]2O[C@@H]3CCS(=O)(=O)O[C@H]4[C@@H](F)[C@H](n5cnc6c(NC(=O)c7ccccc7)ncnc65)O[C@@H]4COP(=S)(OCCC#N)O[C@@H]2C3)c(=O)[nH]1. The number of ether oxygens (including phenoxy) is 2. The number of nitrogens with one attached hydrogen (secondary N) is 3. The monoisotopic (exact) mass is 901 g/mol. The molecule has 3 aliphatic heterocycles. The lowest BCUT2D eigenvalue weighted by atomic mass is 10.1. The zero-order valence-electron chi connectivity index (χ0n) is 32.2. The Morgan fingerprint density at radius 1 is 1.07 bits per heavy atom. The van der Waals surface area contributed by atoms with Gasteiger partial charge in [0.05, 0.1) is 50.2 Å². The van der Waals surface area contributed by atoms with Crippen LogP contribution in [-0.2, 0) is 53.9 Å². The second kappa shape index (κ2) is 17.3. The number of fused-ring (bicyclic) bond motifs is 5. The Morgan fingerprint density at radius 3 is 2.57 bits per heavy atom. The lowest BCUT2D eigenvalue weighted by molar-refractivity contribution is -0.118. The third-order valence-corrected chi connectivity index (χ3v) is 13.5. The molecule has 2 amide bonds. The van der Waals surface area contributed by atoms with Crippen molar-refractivity contribution in [3.05, 3.63) is 65.2 Å². The summed E-state index contributed by atoms with van der Waals surface area (Å²) in [7, 11) is -4.49. The van der Waals surface area contributed by atoms with Crippen LogP contribution in [0.3, 0.4) is 0 Å². The zero-order valence-corrected chi connectivity index (χ0v) is 34.7. The minimum atomic E-state index is -4.49. The number of amides is 2. The highest BCUT2D eigenvalue weighted by molar-refractivity contribution is 8.07. The number of anilines is 2. The molecule has 0 saturated carbocycles. The van der Waals surface area contributed by atoms with Crippen LogP contribution in [0.5, 0.6) is 0 Å². The van der Waals surface area contributed by atoms with Gasteiger partial charge in [-0.05, 0) is 30.4 Å². The number of aromatic amines is 1. The second-order valence-corrected chi connectivity index (χ2v) is 19.1. The van der Waals surface area contributed by atoms with Crippen LogP contribution in [-0.4, -0.2) is 109 Å². The molecule has 8 atom stereocenters. The molecule has 5 aromatic rings. The molecule has 4 aromatic heterocycles. The van der Waals surface area contributed by atoms with Crippen molar-refractivity contribution < 1.29 is 49.6 Å². The van der Waals surface area contributed by atoms with Crippen LogP contribution in [0.1, 0.15) is 55.9 Å². The summed E-state index contributed by atoms with van der Waals surface area (Å²) in [6.45, 7) is -1.44. The van der Waals surface area contributed by atoms with E-state index < -0.39 is 95.5 Å². The first-order valence-corrected chi connectivity index (χ1v) is 23.0. The first-order valence-electron chi connectivity index (χ1n) is 18.8. The smallest absolute Gasteiger partial charge is 0.327 e. The van der Waals surface area contributed by atoms with E-state index in [1.54, 1.807) is 44.2 Å². The number of halogens is 1. The topological polar surface area (TPSA) is 279 Å². The Morgan fingerprint density at radius 2 is 1.82 bits per heavy atom. The van der Waals surface area contributed by atoms with Gasteiger partial charge in [-0.25, -0.2) is 24.3 Å². The van der Waals surface area contributed by atoms with E-state index in [-0.39, 0.29) is 60.0 Å². The van der Waals surface area contributed by atoms with Crippen molar-refractivity contribution in [2.75, 3.05) is 29.6 Å². The standard InChI is InChI=1S/C35H37FN11O11PS2/c1-18(2)30(48)44-35-43-29-25(32(50)45-35)41-17-47(29)33-21-13-20(55-33)9-12-61(51,52)58-26-22(14-54-59(60,57-21)53-11-6-10-37)56-34(23(26)36)46-16-40-24-27(38-15-39-28(24)46)42-31(49)19-7-4-3-5-8-19/h3-5,7-8,15-18,20-23,26,33-34H,6,9,11-14H2,1-2H3,(H,38,39,42,49)(H2,43,44,45,48,50)/t20-,21-,22-,23-,26-,33-,34-,59?/m1/s1. The normalized spacial score (nSPS) is 27.8. The summed E-state index contributed by atoms with van der Waals surface area (Å²) >= 11 is 5.84. The van der Waals surface area contributed by atoms with Crippen LogP contribution in [0.2, 0.25) is 0 Å². The van der Waals surface area contributed by atoms with E-state index in [2.05, 4.69) is 40.5 Å². The van der Waals surface area contributed by atoms with E-state index in [9.17, 15) is 28.1 Å². The van der Waals surface area contributed by atoms with Crippen molar-refractivity contribution in [3.63, 3.8) is 0 Å². The predicted octanol–water partition coefficient (Wildman–Crippen LogP) is 3.00. The van der Waals surface area contributed by atoms with Gasteiger partial charge in [-0.1, -0.05) is 32.0 Å². The highest BCUT2D eigenvalue weighted by Crippen LogP contribution is 2.55. The molecule has 3 saturated heterocycles. The number of aromatic nitrogens is 8. The molecule has 26 heteroatoms. The Labute approximate surface area is 350 Å². The molecule has 0 aliphatic carbocycles. The minimum Gasteiger partial charge on any atom is -0.352 e. The molecule has 3 aliphatic rings. The summed E-state index contributed by atoms with van der Waals surface area (Å²) in [5, 5.41) is 14.5. The molecule has 61 heavy (non-hydrogen) atoms. The Hall–Kier alpha value is -5.16. The number of hydrogen-bond donors (Lipinski definition) is 3. The lowest BCUT2D eigenvalue weighted by Crippen LogP contribution is -2.37. The molecule has 322 valence electrons. The summed E-state index contributed by atoms with van der Waals surface area (Å²) in [5.41, 5.74) is -0.252. The van der Waals surface area contributed by atoms with Crippen LogP contribution in [0, 0.1) is 17.2 Å².